The maximum Gasteiger partial charge on any atom is 0.323 e. The number of hydrogen-bond acceptors (Lipinski definition) is 3. The summed E-state index contributed by atoms with van der Waals surface area (Å²) in [5.41, 5.74) is 0. The number of rotatable bonds is 2. The van der Waals surface area contributed by atoms with Crippen molar-refractivity contribution in [2.24, 2.45) is 11.8 Å². The molecule has 3 nitrogen and oxygen atoms in total. The molecular formula is C12H19NO2. The van der Waals surface area contributed by atoms with Crippen LogP contribution >= 0.6 is 0 Å². The van der Waals surface area contributed by atoms with Crippen LogP contribution in [0, 0.1) is 11.8 Å². The fraction of sp³-hybridized carbons (Fsp3) is 0.917. The van der Waals surface area contributed by atoms with E-state index in [1.807, 2.05) is 0 Å². The highest BCUT2D eigenvalue weighted by Gasteiger charge is 2.43. The summed E-state index contributed by atoms with van der Waals surface area (Å²) in [5.74, 6) is 1.33. The normalized spacial score (nSPS) is 39.9. The lowest BCUT2D eigenvalue weighted by atomic mass is 9.93. The van der Waals surface area contributed by atoms with E-state index in [4.69, 9.17) is 4.74 Å². The third-order valence-corrected chi connectivity index (χ3v) is 4.33. The van der Waals surface area contributed by atoms with Crippen LogP contribution in [0.15, 0.2) is 0 Å². The summed E-state index contributed by atoms with van der Waals surface area (Å²) >= 11 is 0. The molecule has 3 unspecified atom stereocenters. The summed E-state index contributed by atoms with van der Waals surface area (Å²) < 4.78 is 5.48. The average molecular weight is 209 g/mol. The Hall–Kier alpha value is -0.570. The molecule has 1 N–H and O–H groups in total. The van der Waals surface area contributed by atoms with Gasteiger partial charge in [-0.05, 0) is 50.5 Å². The SMILES string of the molecule is O=C(OC1CCC1)C1NCC2CCCC21. The molecule has 3 atom stereocenters. The molecule has 0 amide bonds. The van der Waals surface area contributed by atoms with Crippen molar-refractivity contribution in [3.63, 3.8) is 0 Å². The van der Waals surface area contributed by atoms with Gasteiger partial charge in [0.25, 0.3) is 0 Å². The molecular weight excluding hydrogens is 190 g/mol. The number of carbonyl (C=O) groups is 1. The van der Waals surface area contributed by atoms with Gasteiger partial charge in [-0.25, -0.2) is 0 Å². The van der Waals surface area contributed by atoms with Crippen molar-refractivity contribution < 1.29 is 9.53 Å². The molecule has 15 heavy (non-hydrogen) atoms. The van der Waals surface area contributed by atoms with Crippen molar-refractivity contribution in [2.45, 2.75) is 50.7 Å². The Labute approximate surface area is 90.6 Å². The van der Waals surface area contributed by atoms with Crippen molar-refractivity contribution in [3.05, 3.63) is 0 Å². The van der Waals surface area contributed by atoms with E-state index in [-0.39, 0.29) is 18.1 Å². The number of ether oxygens (including phenoxy) is 1. The van der Waals surface area contributed by atoms with Crippen LogP contribution in [0.5, 0.6) is 0 Å². The van der Waals surface area contributed by atoms with E-state index >= 15 is 0 Å². The number of hydrogen-bond donors (Lipinski definition) is 1. The molecule has 1 heterocycles. The first-order valence-corrected chi connectivity index (χ1v) is 6.28. The Morgan fingerprint density at radius 1 is 1.13 bits per heavy atom. The predicted octanol–water partition coefficient (Wildman–Crippen LogP) is 1.47. The van der Waals surface area contributed by atoms with Crippen LogP contribution in [-0.4, -0.2) is 24.7 Å². The van der Waals surface area contributed by atoms with E-state index in [9.17, 15) is 4.79 Å². The van der Waals surface area contributed by atoms with Crippen LogP contribution in [0.2, 0.25) is 0 Å². The first-order chi connectivity index (χ1) is 7.34. The highest BCUT2D eigenvalue weighted by atomic mass is 16.5. The highest BCUT2D eigenvalue weighted by molar-refractivity contribution is 5.77. The lowest BCUT2D eigenvalue weighted by molar-refractivity contribution is -0.156. The van der Waals surface area contributed by atoms with Gasteiger partial charge in [0.15, 0.2) is 0 Å². The van der Waals surface area contributed by atoms with Crippen LogP contribution in [-0.2, 0) is 9.53 Å². The van der Waals surface area contributed by atoms with Gasteiger partial charge < -0.3 is 10.1 Å². The Kier molecular flexibility index (Phi) is 2.43. The van der Waals surface area contributed by atoms with E-state index in [1.54, 1.807) is 0 Å². The molecule has 84 valence electrons. The van der Waals surface area contributed by atoms with Gasteiger partial charge in [-0.3, -0.25) is 4.79 Å². The molecule has 3 heteroatoms. The summed E-state index contributed by atoms with van der Waals surface area (Å²) in [5, 5.41) is 3.34. The molecule has 3 rings (SSSR count). The molecule has 2 saturated carbocycles. The topological polar surface area (TPSA) is 38.3 Å². The van der Waals surface area contributed by atoms with Gasteiger partial charge in [-0.2, -0.15) is 0 Å². The monoisotopic (exact) mass is 209 g/mol. The first-order valence-electron chi connectivity index (χ1n) is 6.28. The molecule has 0 radical (unpaired) electrons. The minimum atomic E-state index is 0.0121. The van der Waals surface area contributed by atoms with Crippen LogP contribution < -0.4 is 5.32 Å². The molecule has 1 aliphatic heterocycles. The fourth-order valence-electron chi connectivity index (χ4n) is 3.17. The lowest BCUT2D eigenvalue weighted by Gasteiger charge is -2.27. The van der Waals surface area contributed by atoms with Crippen LogP contribution in [0.1, 0.15) is 38.5 Å². The third kappa shape index (κ3) is 1.67. The Morgan fingerprint density at radius 3 is 2.67 bits per heavy atom. The maximum absolute atomic E-state index is 11.9. The minimum absolute atomic E-state index is 0.0121. The summed E-state index contributed by atoms with van der Waals surface area (Å²) in [6.45, 7) is 1.02. The second-order valence-corrected chi connectivity index (χ2v) is 5.23. The van der Waals surface area contributed by atoms with Gasteiger partial charge in [-0.1, -0.05) is 6.42 Å². The second-order valence-electron chi connectivity index (χ2n) is 5.23. The van der Waals surface area contributed by atoms with E-state index in [2.05, 4.69) is 5.32 Å². The quantitative estimate of drug-likeness (QED) is 0.700. The molecule has 3 aliphatic rings. The predicted molar refractivity (Wildman–Crippen MR) is 56.4 cm³/mol. The fourth-order valence-corrected chi connectivity index (χ4v) is 3.17. The average Bonchev–Trinajstić information content (AvgIpc) is 2.71. The zero-order valence-corrected chi connectivity index (χ0v) is 9.08. The summed E-state index contributed by atoms with van der Waals surface area (Å²) in [6.07, 6.45) is 7.41. The van der Waals surface area contributed by atoms with Crippen molar-refractivity contribution in [3.8, 4) is 0 Å². The van der Waals surface area contributed by atoms with Crippen molar-refractivity contribution in [1.82, 2.24) is 5.32 Å². The largest absolute Gasteiger partial charge is 0.461 e. The van der Waals surface area contributed by atoms with Crippen molar-refractivity contribution in [1.29, 1.82) is 0 Å². The van der Waals surface area contributed by atoms with E-state index in [1.165, 1.54) is 25.7 Å². The second kappa shape index (κ2) is 3.78. The third-order valence-electron chi connectivity index (χ3n) is 4.33. The van der Waals surface area contributed by atoms with E-state index < -0.39 is 0 Å². The minimum Gasteiger partial charge on any atom is -0.461 e. The van der Waals surface area contributed by atoms with Gasteiger partial charge in [0.05, 0.1) is 0 Å². The molecule has 0 aromatic carbocycles. The first kappa shape index (κ1) is 9.64. The van der Waals surface area contributed by atoms with E-state index in [0.29, 0.717) is 5.92 Å². The van der Waals surface area contributed by atoms with Crippen molar-refractivity contribution >= 4 is 5.97 Å². The van der Waals surface area contributed by atoms with Gasteiger partial charge in [0.2, 0.25) is 0 Å². The zero-order chi connectivity index (χ0) is 10.3. The molecule has 0 aromatic rings. The molecule has 0 aromatic heterocycles. The lowest BCUT2D eigenvalue weighted by Crippen LogP contribution is -2.40. The Morgan fingerprint density at radius 2 is 1.93 bits per heavy atom. The molecule has 3 fully saturated rings. The van der Waals surface area contributed by atoms with Gasteiger partial charge in [-0.15, -0.1) is 0 Å². The van der Waals surface area contributed by atoms with Gasteiger partial charge in [0, 0.05) is 0 Å². The summed E-state index contributed by atoms with van der Waals surface area (Å²) in [4.78, 5) is 11.9. The van der Waals surface area contributed by atoms with Crippen LogP contribution in [0.3, 0.4) is 0 Å². The van der Waals surface area contributed by atoms with E-state index in [0.717, 1.165) is 25.3 Å². The van der Waals surface area contributed by atoms with Crippen LogP contribution in [0.4, 0.5) is 0 Å². The number of fused-ring (bicyclic) bond motifs is 1. The number of carbonyl (C=O) groups excluding carboxylic acids is 1. The van der Waals surface area contributed by atoms with Crippen molar-refractivity contribution in [2.75, 3.05) is 6.54 Å². The highest BCUT2D eigenvalue weighted by Crippen LogP contribution is 2.38. The maximum atomic E-state index is 11.9. The molecule has 0 bridgehead atoms. The zero-order valence-electron chi connectivity index (χ0n) is 9.08. The number of esters is 1. The summed E-state index contributed by atoms with van der Waals surface area (Å²) in [7, 11) is 0. The summed E-state index contributed by atoms with van der Waals surface area (Å²) in [6, 6.07) is 0.0121. The Balaban J connectivity index is 1.58. The molecule has 1 saturated heterocycles. The molecule has 0 spiro atoms. The smallest absolute Gasteiger partial charge is 0.323 e. The molecule has 2 aliphatic carbocycles. The van der Waals surface area contributed by atoms with Gasteiger partial charge in [0.1, 0.15) is 12.1 Å². The Bertz CT molecular complexity index is 262. The van der Waals surface area contributed by atoms with Gasteiger partial charge >= 0.3 is 5.97 Å². The standard InChI is InChI=1S/C12H19NO2/c14-12(15-9-4-2-5-9)11-10-6-1-3-8(10)7-13-11/h8-11,13H,1-7H2. The number of nitrogens with one attached hydrogen (secondary N) is 1. The van der Waals surface area contributed by atoms with Crippen LogP contribution in [0.25, 0.3) is 0 Å².